The zero-order valence-corrected chi connectivity index (χ0v) is 12.2. The van der Waals surface area contributed by atoms with E-state index in [0.29, 0.717) is 23.2 Å². The van der Waals surface area contributed by atoms with Crippen LogP contribution in [0.25, 0.3) is 0 Å². The van der Waals surface area contributed by atoms with Gasteiger partial charge in [-0.15, -0.1) is 0 Å². The van der Waals surface area contributed by atoms with Crippen molar-refractivity contribution in [1.82, 2.24) is 0 Å². The number of carbonyl (C=O) groups is 1. The number of sulfone groups is 1. The minimum absolute atomic E-state index is 0.0787. The van der Waals surface area contributed by atoms with Crippen LogP contribution in [0.2, 0.25) is 0 Å². The first-order valence-electron chi connectivity index (χ1n) is 6.00. The monoisotopic (exact) mass is 268 g/mol. The molecule has 0 spiro atoms. The molecule has 1 aromatic rings. The van der Waals surface area contributed by atoms with Gasteiger partial charge in [0.2, 0.25) is 0 Å². The Kier molecular flexibility index (Phi) is 4.32. The lowest BCUT2D eigenvalue weighted by molar-refractivity contribution is 0.112. The van der Waals surface area contributed by atoms with Crippen LogP contribution in [0.3, 0.4) is 0 Å². The summed E-state index contributed by atoms with van der Waals surface area (Å²) in [7, 11) is -3.35. The summed E-state index contributed by atoms with van der Waals surface area (Å²) < 4.78 is 24.8. The van der Waals surface area contributed by atoms with Crippen molar-refractivity contribution >= 4 is 16.1 Å². The summed E-state index contributed by atoms with van der Waals surface area (Å²) in [6.45, 7) is 7.57. The number of rotatable bonds is 4. The van der Waals surface area contributed by atoms with Gasteiger partial charge in [0.05, 0.1) is 10.6 Å². The summed E-state index contributed by atoms with van der Waals surface area (Å²) in [5.41, 5.74) is 0.866. The molecule has 0 unspecified atom stereocenters. The van der Waals surface area contributed by atoms with E-state index in [1.54, 1.807) is 12.1 Å². The highest BCUT2D eigenvalue weighted by Gasteiger charge is 2.25. The van der Waals surface area contributed by atoms with E-state index in [-0.39, 0.29) is 11.2 Å². The molecule has 0 radical (unpaired) electrons. The first-order valence-corrected chi connectivity index (χ1v) is 7.66. The molecule has 0 saturated carbocycles. The molecule has 1 rings (SSSR count). The van der Waals surface area contributed by atoms with Crippen LogP contribution in [-0.4, -0.2) is 20.5 Å². The molecule has 0 aliphatic rings. The zero-order valence-electron chi connectivity index (χ0n) is 11.4. The molecule has 0 saturated heterocycles. The van der Waals surface area contributed by atoms with Crippen LogP contribution in [-0.2, 0) is 16.3 Å². The molecule has 3 nitrogen and oxygen atoms in total. The van der Waals surface area contributed by atoms with Crippen LogP contribution >= 0.6 is 0 Å². The summed E-state index contributed by atoms with van der Waals surface area (Å²) in [6.07, 6.45) is 1.31. The fraction of sp³-hybridized carbons (Fsp3) is 0.500. The van der Waals surface area contributed by atoms with Crippen LogP contribution in [0.15, 0.2) is 23.1 Å². The summed E-state index contributed by atoms with van der Waals surface area (Å²) in [5, 5.41) is 0. The van der Waals surface area contributed by atoms with Crippen molar-refractivity contribution in [1.29, 1.82) is 0 Å². The number of hydrogen-bond acceptors (Lipinski definition) is 3. The molecule has 1 aromatic carbocycles. The maximum atomic E-state index is 12.4. The molecule has 100 valence electrons. The molecule has 0 fully saturated rings. The molecule has 0 atom stereocenters. The summed E-state index contributed by atoms with van der Waals surface area (Å²) in [6, 6.07) is 4.86. The van der Waals surface area contributed by atoms with Crippen molar-refractivity contribution in [3.8, 4) is 0 Å². The minimum Gasteiger partial charge on any atom is -0.298 e. The summed E-state index contributed by atoms with van der Waals surface area (Å²) >= 11 is 0. The van der Waals surface area contributed by atoms with E-state index in [2.05, 4.69) is 0 Å². The Morgan fingerprint density at radius 3 is 2.28 bits per heavy atom. The lowest BCUT2D eigenvalue weighted by atomic mass is 10.0. The lowest BCUT2D eigenvalue weighted by Crippen LogP contribution is -2.22. The predicted molar refractivity (Wildman–Crippen MR) is 72.7 cm³/mol. The first-order chi connectivity index (χ1) is 8.19. The first kappa shape index (κ1) is 14.9. The minimum atomic E-state index is -3.35. The van der Waals surface area contributed by atoms with Gasteiger partial charge in [-0.3, -0.25) is 4.79 Å². The Morgan fingerprint density at radius 2 is 1.83 bits per heavy atom. The van der Waals surface area contributed by atoms with Crippen LogP contribution in [0, 0.1) is 5.41 Å². The lowest BCUT2D eigenvalue weighted by Gasteiger charge is -2.19. The predicted octanol–water partition coefficient (Wildman–Crippen LogP) is 2.88. The highest BCUT2D eigenvalue weighted by Crippen LogP contribution is 2.25. The number of benzene rings is 1. The topological polar surface area (TPSA) is 51.2 Å². The Bertz CT molecular complexity index is 537. The molecule has 0 aliphatic heterocycles. The second-order valence-electron chi connectivity index (χ2n) is 5.66. The summed E-state index contributed by atoms with van der Waals surface area (Å²) in [5.74, 6) is 0.0787. The van der Waals surface area contributed by atoms with Gasteiger partial charge >= 0.3 is 0 Å². The number of hydrogen-bond donors (Lipinski definition) is 0. The van der Waals surface area contributed by atoms with Crippen molar-refractivity contribution in [2.75, 3.05) is 5.75 Å². The van der Waals surface area contributed by atoms with Crippen LogP contribution in [0.4, 0.5) is 0 Å². The molecule has 0 N–H and O–H groups in total. The SMILES string of the molecule is CCc1ccc(C=O)cc1S(=O)(=O)CC(C)(C)C. The standard InChI is InChI=1S/C14H20O3S/c1-5-12-7-6-11(9-15)8-13(12)18(16,17)10-14(2,3)4/h6-9H,5,10H2,1-4H3. The quantitative estimate of drug-likeness (QED) is 0.789. The second-order valence-corrected chi connectivity index (χ2v) is 7.62. The van der Waals surface area contributed by atoms with Crippen LogP contribution in [0.1, 0.15) is 43.6 Å². The van der Waals surface area contributed by atoms with Gasteiger partial charge in [0.25, 0.3) is 0 Å². The Labute approximate surface area is 109 Å². The van der Waals surface area contributed by atoms with Gasteiger partial charge in [-0.25, -0.2) is 8.42 Å². The fourth-order valence-corrected chi connectivity index (χ4v) is 4.10. The largest absolute Gasteiger partial charge is 0.298 e. The van der Waals surface area contributed by atoms with E-state index in [1.165, 1.54) is 6.07 Å². The normalized spacial score (nSPS) is 12.4. The van der Waals surface area contributed by atoms with E-state index in [0.717, 1.165) is 5.56 Å². The third kappa shape index (κ3) is 3.67. The van der Waals surface area contributed by atoms with Gasteiger partial charge in [-0.05, 0) is 23.5 Å². The van der Waals surface area contributed by atoms with Gasteiger partial charge < -0.3 is 0 Å². The van der Waals surface area contributed by atoms with Crippen molar-refractivity contribution in [3.63, 3.8) is 0 Å². The molecule has 0 heterocycles. The fourth-order valence-electron chi connectivity index (χ4n) is 1.87. The van der Waals surface area contributed by atoms with Crippen molar-refractivity contribution in [2.45, 2.75) is 39.0 Å². The van der Waals surface area contributed by atoms with E-state index in [1.807, 2.05) is 27.7 Å². The molecule has 0 bridgehead atoms. The smallest absolute Gasteiger partial charge is 0.179 e. The average Bonchev–Trinajstić information content (AvgIpc) is 2.25. The number of carbonyl (C=O) groups excluding carboxylic acids is 1. The molecule has 18 heavy (non-hydrogen) atoms. The Morgan fingerprint density at radius 1 is 1.22 bits per heavy atom. The molecular weight excluding hydrogens is 248 g/mol. The zero-order chi connectivity index (χ0) is 14.0. The van der Waals surface area contributed by atoms with E-state index in [9.17, 15) is 13.2 Å². The molecule has 4 heteroatoms. The van der Waals surface area contributed by atoms with E-state index in [4.69, 9.17) is 0 Å². The molecule has 0 aromatic heterocycles. The highest BCUT2D eigenvalue weighted by molar-refractivity contribution is 7.91. The van der Waals surface area contributed by atoms with Gasteiger partial charge in [0.1, 0.15) is 6.29 Å². The van der Waals surface area contributed by atoms with Gasteiger partial charge in [-0.2, -0.15) is 0 Å². The van der Waals surface area contributed by atoms with E-state index >= 15 is 0 Å². The third-order valence-electron chi connectivity index (χ3n) is 2.57. The van der Waals surface area contributed by atoms with Crippen LogP contribution < -0.4 is 0 Å². The van der Waals surface area contributed by atoms with Crippen molar-refractivity contribution in [2.24, 2.45) is 5.41 Å². The average molecular weight is 268 g/mol. The van der Waals surface area contributed by atoms with Gasteiger partial charge in [-0.1, -0.05) is 39.8 Å². The van der Waals surface area contributed by atoms with E-state index < -0.39 is 9.84 Å². The summed E-state index contributed by atoms with van der Waals surface area (Å²) in [4.78, 5) is 11.1. The Hall–Kier alpha value is -1.16. The maximum absolute atomic E-state index is 12.4. The maximum Gasteiger partial charge on any atom is 0.179 e. The second kappa shape index (κ2) is 5.22. The highest BCUT2D eigenvalue weighted by atomic mass is 32.2. The number of aldehydes is 1. The number of aryl methyl sites for hydroxylation is 1. The molecule has 0 aliphatic carbocycles. The molecular formula is C14H20O3S. The van der Waals surface area contributed by atoms with Crippen LogP contribution in [0.5, 0.6) is 0 Å². The third-order valence-corrected chi connectivity index (χ3v) is 4.86. The Balaban J connectivity index is 3.34. The van der Waals surface area contributed by atoms with Crippen molar-refractivity contribution in [3.05, 3.63) is 29.3 Å². The molecule has 0 amide bonds. The van der Waals surface area contributed by atoms with Gasteiger partial charge in [0, 0.05) is 5.56 Å². The van der Waals surface area contributed by atoms with Crippen molar-refractivity contribution < 1.29 is 13.2 Å². The van der Waals surface area contributed by atoms with Gasteiger partial charge in [0.15, 0.2) is 9.84 Å².